The zero-order chi connectivity index (χ0) is 82.5. The van der Waals surface area contributed by atoms with E-state index < -0.39 is 110 Å². The Morgan fingerprint density at radius 1 is 0.575 bits per heavy atom. The largest absolute Gasteiger partial charge is 0.744 e. The van der Waals surface area contributed by atoms with Gasteiger partial charge in [0.15, 0.2) is 23.8 Å². The van der Waals surface area contributed by atoms with E-state index in [1.54, 1.807) is 48.8 Å². The van der Waals surface area contributed by atoms with E-state index in [0.29, 0.717) is 103 Å². The molecule has 5 aromatic rings. The molecule has 9 rings (SSSR count). The van der Waals surface area contributed by atoms with Crippen LogP contribution < -0.4 is 30.9 Å². The lowest BCUT2D eigenvalue weighted by molar-refractivity contribution is -0.777. The highest BCUT2D eigenvalue weighted by atomic mass is 32.2. The van der Waals surface area contributed by atoms with Crippen molar-refractivity contribution in [3.8, 4) is 0 Å². The lowest BCUT2D eigenvalue weighted by atomic mass is 9.81. The third-order valence-corrected chi connectivity index (χ3v) is 23.7. The van der Waals surface area contributed by atoms with E-state index >= 15 is 0 Å². The molecular weight excluding hydrogens is 1540 g/mol. The first-order chi connectivity index (χ1) is 53.3. The smallest absolute Gasteiger partial charge is 0.310 e. The second kappa shape index (κ2) is 37.2. The fraction of sp³-hybridized carbons (Fsp3) is 0.405. The van der Waals surface area contributed by atoms with Crippen LogP contribution in [0.4, 0.5) is 34.1 Å². The first kappa shape index (κ1) is 87.5. The van der Waals surface area contributed by atoms with Crippen LogP contribution in [0.15, 0.2) is 171 Å². The number of carbonyl (C=O) groups is 5. The standard InChI is InChI=1S/C79H92N8O22S4/c1-10-82-64-34-30-55(110-108-106-98)45-59(64)76(2,3)69(82)27-22-28-71-78(6,7)61-47-57(112(100,101)102)32-36-66(61)84(71)40-21-13-17-29-73(90)80-38-19-18-24-63(68(89)49-75(92)93)81-74(91)44-54(88)23-14-12-20-39-83-65-35-31-56(111-109-107-99)46-60(65)77(4,5)70(83)25-15-11-16-26-72-79(8,9)62-48-58(113(103,104)105)33-37-67(62)85(72)50-51-41-52(86(94)95)43-53(42-51)87(96)97/h11,15-16,22,25-28,30-37,41-43,45-48,63H,10,12-14,17-21,23-24,29,38-40,44,49-50H2,1-9H3,(H5-2,80,81,90,91,92,93,98,99,100,101,102,103,104,105)/p-2. The molecule has 0 bridgehead atoms. The molecule has 3 N–H and O–H groups in total. The highest BCUT2D eigenvalue weighted by molar-refractivity contribution is 7.94. The van der Waals surface area contributed by atoms with Crippen LogP contribution in [0.2, 0.25) is 0 Å². The lowest BCUT2D eigenvalue weighted by Crippen LogP contribution is -2.42. The second-order valence-electron chi connectivity index (χ2n) is 29.9. The Labute approximate surface area is 663 Å². The van der Waals surface area contributed by atoms with Crippen molar-refractivity contribution in [2.45, 2.75) is 200 Å². The summed E-state index contributed by atoms with van der Waals surface area (Å²) in [5, 5.41) is 67.2. The fourth-order valence-electron chi connectivity index (χ4n) is 15.3. The Balaban J connectivity index is 0.767. The molecule has 1 atom stereocenters. The zero-order valence-electron chi connectivity index (χ0n) is 63.9. The van der Waals surface area contributed by atoms with Crippen molar-refractivity contribution in [1.29, 1.82) is 0 Å². The summed E-state index contributed by atoms with van der Waals surface area (Å²) in [6.45, 7) is 19.6. The number of fused-ring (bicyclic) bond motifs is 4. The maximum Gasteiger partial charge on any atom is 0.310 e. The minimum Gasteiger partial charge on any atom is -0.744 e. The maximum atomic E-state index is 13.3. The Morgan fingerprint density at radius 3 is 1.65 bits per heavy atom. The van der Waals surface area contributed by atoms with Gasteiger partial charge in [0.1, 0.15) is 39.0 Å². The van der Waals surface area contributed by atoms with Crippen molar-refractivity contribution in [2.75, 3.05) is 36.0 Å². The minimum absolute atomic E-state index is 0.0327. The summed E-state index contributed by atoms with van der Waals surface area (Å²) in [6.07, 6.45) is 18.0. The number of amides is 2. The third-order valence-electron chi connectivity index (χ3n) is 20.9. The number of nitrogens with zero attached hydrogens (tertiary/aromatic N) is 6. The van der Waals surface area contributed by atoms with Crippen LogP contribution in [-0.4, -0.2) is 123 Å². The van der Waals surface area contributed by atoms with Gasteiger partial charge in [-0.25, -0.2) is 16.8 Å². The van der Waals surface area contributed by atoms with Gasteiger partial charge >= 0.3 is 5.97 Å². The number of benzene rings is 5. The minimum atomic E-state index is -4.88. The Hall–Kier alpha value is -9.43. The van der Waals surface area contributed by atoms with Gasteiger partial charge in [0.05, 0.1) is 73.1 Å². The summed E-state index contributed by atoms with van der Waals surface area (Å²) < 4.78 is 86.4. The quantitative estimate of drug-likeness (QED) is 0.00376. The fourth-order valence-corrected chi connectivity index (χ4v) is 17.0. The van der Waals surface area contributed by atoms with Crippen LogP contribution in [0, 0.1) is 20.2 Å². The molecule has 113 heavy (non-hydrogen) atoms. The molecule has 0 aromatic heterocycles. The van der Waals surface area contributed by atoms with Gasteiger partial charge in [-0.05, 0) is 164 Å². The SMILES string of the molecule is CCN1/C(=C\C=C\C2=[N+](CCCCCC(=O)NCCCCC(NC(=O)CC(=O)CCCCCN3/C(=C/C=C/C=C/C4=[N+](Cc5cc([N+](=O)[O-])cc([N+](=O)[O-])c5)c5ccc(S(=O)(=O)[O-])cc5C4(C)C)C(C)(C)c4cc(SOO[O-])ccc43)C(=O)CC(=O)O)c3ccc(S(=O)(=O)[O-])cc3C2(C)C)C(C)(C)c2cc(SOO[O-])ccc21. The summed E-state index contributed by atoms with van der Waals surface area (Å²) in [6, 6.07) is 21.7. The van der Waals surface area contributed by atoms with Gasteiger partial charge in [-0.15, -0.1) is 0 Å². The van der Waals surface area contributed by atoms with Crippen molar-refractivity contribution in [3.63, 3.8) is 0 Å². The predicted octanol–water partition coefficient (Wildman–Crippen LogP) is 11.4. The molecule has 4 aliphatic rings. The lowest BCUT2D eigenvalue weighted by Gasteiger charge is -2.27. The van der Waals surface area contributed by atoms with Crippen LogP contribution in [0.3, 0.4) is 0 Å². The molecule has 4 aliphatic heterocycles. The first-order valence-electron chi connectivity index (χ1n) is 36.7. The number of unbranched alkanes of at least 4 members (excludes halogenated alkanes) is 5. The van der Waals surface area contributed by atoms with Crippen LogP contribution in [0.25, 0.3) is 0 Å². The van der Waals surface area contributed by atoms with Gasteiger partial charge in [-0.1, -0.05) is 58.4 Å². The van der Waals surface area contributed by atoms with E-state index in [9.17, 15) is 85.8 Å². The normalized spacial score (nSPS) is 16.9. The number of nitro benzene ring substituents is 2. The van der Waals surface area contributed by atoms with Gasteiger partial charge in [0.2, 0.25) is 23.2 Å². The van der Waals surface area contributed by atoms with Crippen LogP contribution in [0.1, 0.15) is 174 Å². The average molecular weight is 1630 g/mol. The van der Waals surface area contributed by atoms with Crippen LogP contribution in [-0.2, 0) is 91.2 Å². The molecule has 5 aromatic carbocycles. The number of carboxylic acid groups (broad SMARTS) is 1. The Kier molecular flexibility index (Phi) is 28.8. The van der Waals surface area contributed by atoms with E-state index in [0.717, 1.165) is 81.5 Å². The molecule has 0 spiro atoms. The summed E-state index contributed by atoms with van der Waals surface area (Å²) in [5.41, 5.74) is 5.88. The molecule has 30 nitrogen and oxygen atoms in total. The predicted molar refractivity (Wildman–Crippen MR) is 415 cm³/mol. The molecule has 4 heterocycles. The first-order valence-corrected chi connectivity index (χ1v) is 41.0. The van der Waals surface area contributed by atoms with Crippen LogP contribution >= 0.6 is 24.1 Å². The monoisotopic (exact) mass is 1630 g/mol. The number of carboxylic acids is 1. The van der Waals surface area contributed by atoms with Crippen molar-refractivity contribution < 1.29 is 103 Å². The number of hydrogen-bond acceptors (Lipinski definition) is 25. The molecular formula is C79H90N8O22S4-2. The van der Waals surface area contributed by atoms with Crippen molar-refractivity contribution in [2.24, 2.45) is 0 Å². The number of likely N-dealkylation sites (N-methyl/N-ethyl adjacent to an activating group) is 1. The number of ketones is 2. The molecule has 0 fully saturated rings. The number of carbonyl (C=O) groups excluding carboxylic acids is 4. The van der Waals surface area contributed by atoms with E-state index in [-0.39, 0.29) is 48.7 Å². The summed E-state index contributed by atoms with van der Waals surface area (Å²) in [7, 11) is -9.65. The van der Waals surface area contributed by atoms with Crippen LogP contribution in [0.5, 0.6) is 0 Å². The molecule has 0 saturated carbocycles. The van der Waals surface area contributed by atoms with E-state index in [1.807, 2.05) is 88.4 Å². The van der Waals surface area contributed by atoms with Gasteiger partial charge < -0.3 is 45.2 Å². The molecule has 604 valence electrons. The maximum absolute atomic E-state index is 13.3. The number of anilines is 2. The van der Waals surface area contributed by atoms with Crippen molar-refractivity contribution in [1.82, 2.24) is 10.6 Å². The van der Waals surface area contributed by atoms with Gasteiger partial charge in [0.25, 0.3) is 11.4 Å². The number of rotatable bonds is 41. The number of aliphatic carboxylic acids is 1. The molecule has 34 heteroatoms. The van der Waals surface area contributed by atoms with Gasteiger partial charge in [-0.3, -0.25) is 54.3 Å². The number of nitro groups is 2. The highest BCUT2D eigenvalue weighted by Gasteiger charge is 2.48. The number of hydrogen-bond donors (Lipinski definition) is 3. The van der Waals surface area contributed by atoms with E-state index in [4.69, 9.17) is 0 Å². The van der Waals surface area contributed by atoms with Gasteiger partial charge in [-0.2, -0.15) is 17.8 Å². The molecule has 2 amide bonds. The van der Waals surface area contributed by atoms with E-state index in [2.05, 4.69) is 64.5 Å². The van der Waals surface area contributed by atoms with Crippen molar-refractivity contribution in [3.05, 3.63) is 199 Å². The van der Waals surface area contributed by atoms with Crippen molar-refractivity contribution >= 4 is 119 Å². The summed E-state index contributed by atoms with van der Waals surface area (Å²) in [4.78, 5) is 91.6. The number of non-ortho nitro benzene ring substituents is 2. The Morgan fingerprint density at radius 2 is 1.10 bits per heavy atom. The highest BCUT2D eigenvalue weighted by Crippen LogP contribution is 2.51. The number of Topliss-reactive ketones (excluding diaryl/α,β-unsaturated/α-hetero) is 2. The number of nitrogens with one attached hydrogen (secondary N) is 2. The molecule has 1 unspecified atom stereocenters. The number of allylic oxidation sites excluding steroid dienone is 10. The molecule has 0 aliphatic carbocycles. The topological polar surface area (TPSA) is 426 Å². The molecule has 0 saturated heterocycles. The zero-order valence-corrected chi connectivity index (χ0v) is 67.2. The van der Waals surface area contributed by atoms with E-state index in [1.165, 1.54) is 36.4 Å². The third kappa shape index (κ3) is 20.9. The average Bonchev–Trinajstić information content (AvgIpc) is 1.60. The Bertz CT molecular complexity index is 4970. The summed E-state index contributed by atoms with van der Waals surface area (Å²) in [5.74, 6) is -3.46. The molecule has 0 radical (unpaired) electrons. The van der Waals surface area contributed by atoms with Gasteiger partial charge in [0, 0.05) is 135 Å². The summed E-state index contributed by atoms with van der Waals surface area (Å²) >= 11 is 1.55. The second-order valence-corrected chi connectivity index (χ2v) is 34.2.